The molecule has 0 radical (unpaired) electrons. The molecule has 1 aromatic heterocycles. The van der Waals surface area contributed by atoms with E-state index in [2.05, 4.69) is 5.32 Å². The monoisotopic (exact) mass is 381 g/mol. The summed E-state index contributed by atoms with van der Waals surface area (Å²) in [5.41, 5.74) is 2.80. The first kappa shape index (κ1) is 19.4. The molecule has 6 heteroatoms. The Morgan fingerprint density at radius 1 is 1.00 bits per heavy atom. The Labute approximate surface area is 164 Å². The molecule has 1 heterocycles. The lowest BCUT2D eigenvalue weighted by Crippen LogP contribution is -2.26. The zero-order valence-corrected chi connectivity index (χ0v) is 15.9. The van der Waals surface area contributed by atoms with E-state index in [-0.39, 0.29) is 6.61 Å². The minimum absolute atomic E-state index is 0.237. The van der Waals surface area contributed by atoms with Gasteiger partial charge in [0.15, 0.2) is 11.5 Å². The fraction of sp³-hybridized carbons (Fsp3) is 0.227. The van der Waals surface area contributed by atoms with Crippen LogP contribution in [-0.2, 0) is 17.8 Å². The van der Waals surface area contributed by atoms with E-state index in [1.165, 1.54) is 0 Å². The van der Waals surface area contributed by atoms with Gasteiger partial charge in [0, 0.05) is 12.1 Å². The van der Waals surface area contributed by atoms with Gasteiger partial charge in [-0.05, 0) is 41.8 Å². The van der Waals surface area contributed by atoms with Gasteiger partial charge in [0.1, 0.15) is 12.4 Å². The first-order chi connectivity index (χ1) is 13.7. The van der Waals surface area contributed by atoms with Crippen LogP contribution in [-0.4, -0.2) is 26.9 Å². The van der Waals surface area contributed by atoms with Crippen molar-refractivity contribution in [1.29, 1.82) is 0 Å². The lowest BCUT2D eigenvalue weighted by Gasteiger charge is -2.14. The van der Waals surface area contributed by atoms with E-state index in [1.54, 1.807) is 20.5 Å². The number of ether oxygens (including phenoxy) is 3. The van der Waals surface area contributed by atoms with Crippen LogP contribution in [0.4, 0.5) is 4.79 Å². The SMILES string of the molecule is COc1cc(CCNC(=O)OCc2ccccc2)c(-c2ccco2)cc1OC. The van der Waals surface area contributed by atoms with Gasteiger partial charge >= 0.3 is 6.09 Å². The largest absolute Gasteiger partial charge is 0.493 e. The Bertz CT molecular complexity index is 891. The number of hydrogen-bond acceptors (Lipinski definition) is 5. The minimum atomic E-state index is -0.455. The molecular weight excluding hydrogens is 358 g/mol. The Morgan fingerprint density at radius 3 is 2.43 bits per heavy atom. The van der Waals surface area contributed by atoms with Crippen LogP contribution < -0.4 is 14.8 Å². The number of alkyl carbamates (subject to hydrolysis) is 1. The predicted octanol–water partition coefficient (Wildman–Crippen LogP) is 4.43. The second-order valence-electron chi connectivity index (χ2n) is 6.08. The molecule has 0 unspecified atom stereocenters. The molecule has 0 spiro atoms. The van der Waals surface area contributed by atoms with E-state index in [0.717, 1.165) is 22.5 Å². The molecule has 3 aromatic rings. The van der Waals surface area contributed by atoms with Crippen LogP contribution in [0.15, 0.2) is 65.3 Å². The number of benzene rings is 2. The average Bonchev–Trinajstić information content (AvgIpc) is 3.27. The van der Waals surface area contributed by atoms with Gasteiger partial charge in [-0.1, -0.05) is 30.3 Å². The molecule has 28 heavy (non-hydrogen) atoms. The number of carbonyl (C=O) groups excluding carboxylic acids is 1. The summed E-state index contributed by atoms with van der Waals surface area (Å²) in [6, 6.07) is 17.0. The maximum atomic E-state index is 11.9. The van der Waals surface area contributed by atoms with Crippen molar-refractivity contribution in [3.05, 3.63) is 72.0 Å². The summed E-state index contributed by atoms with van der Waals surface area (Å²) in [6.45, 7) is 0.650. The number of methoxy groups -OCH3 is 2. The summed E-state index contributed by atoms with van der Waals surface area (Å²) in [6.07, 6.45) is 1.75. The zero-order valence-electron chi connectivity index (χ0n) is 15.9. The van der Waals surface area contributed by atoms with Gasteiger partial charge in [-0.3, -0.25) is 0 Å². The van der Waals surface area contributed by atoms with Crippen molar-refractivity contribution in [3.8, 4) is 22.8 Å². The van der Waals surface area contributed by atoms with Crippen molar-refractivity contribution in [1.82, 2.24) is 5.32 Å². The standard InChI is InChI=1S/C22H23NO5/c1-25-20-13-17(18(14-21(20)26-2)19-9-6-12-27-19)10-11-23-22(24)28-15-16-7-4-3-5-8-16/h3-9,12-14H,10-11,15H2,1-2H3,(H,23,24). The highest BCUT2D eigenvalue weighted by molar-refractivity contribution is 5.69. The van der Waals surface area contributed by atoms with Gasteiger partial charge in [-0.25, -0.2) is 4.79 Å². The van der Waals surface area contributed by atoms with Gasteiger partial charge < -0.3 is 23.9 Å². The van der Waals surface area contributed by atoms with Crippen LogP contribution in [0.3, 0.4) is 0 Å². The van der Waals surface area contributed by atoms with Crippen molar-refractivity contribution in [2.75, 3.05) is 20.8 Å². The highest BCUT2D eigenvalue weighted by atomic mass is 16.5. The molecule has 0 saturated heterocycles. The van der Waals surface area contributed by atoms with E-state index in [1.807, 2.05) is 54.6 Å². The molecule has 146 valence electrons. The number of carbonyl (C=O) groups is 1. The molecule has 0 saturated carbocycles. The normalized spacial score (nSPS) is 10.4. The maximum absolute atomic E-state index is 11.9. The highest BCUT2D eigenvalue weighted by Crippen LogP contribution is 2.36. The quantitative estimate of drug-likeness (QED) is 0.625. The second-order valence-corrected chi connectivity index (χ2v) is 6.08. The van der Waals surface area contributed by atoms with Crippen molar-refractivity contribution in [2.24, 2.45) is 0 Å². The van der Waals surface area contributed by atoms with E-state index in [4.69, 9.17) is 18.6 Å². The highest BCUT2D eigenvalue weighted by Gasteiger charge is 2.15. The third-order valence-electron chi connectivity index (χ3n) is 4.27. The van der Waals surface area contributed by atoms with Crippen LogP contribution in [0.1, 0.15) is 11.1 Å². The number of hydrogen-bond donors (Lipinski definition) is 1. The summed E-state index contributed by atoms with van der Waals surface area (Å²) in [5.74, 6) is 1.97. The number of rotatable bonds is 8. The molecule has 0 fully saturated rings. The second kappa shape index (κ2) is 9.50. The van der Waals surface area contributed by atoms with Crippen molar-refractivity contribution >= 4 is 6.09 Å². The Hall–Kier alpha value is -3.41. The molecule has 0 bridgehead atoms. The van der Waals surface area contributed by atoms with Crippen LogP contribution in [0.25, 0.3) is 11.3 Å². The fourth-order valence-electron chi connectivity index (χ4n) is 2.86. The third kappa shape index (κ3) is 4.85. The summed E-state index contributed by atoms with van der Waals surface area (Å²) >= 11 is 0. The Kier molecular flexibility index (Phi) is 6.57. The molecule has 1 amide bonds. The van der Waals surface area contributed by atoms with E-state index >= 15 is 0 Å². The summed E-state index contributed by atoms with van der Waals surface area (Å²) < 4.78 is 21.6. The summed E-state index contributed by atoms with van der Waals surface area (Å²) in [4.78, 5) is 11.9. The van der Waals surface area contributed by atoms with Gasteiger partial charge in [0.05, 0.1) is 20.5 Å². The predicted molar refractivity (Wildman–Crippen MR) is 106 cm³/mol. The van der Waals surface area contributed by atoms with Crippen LogP contribution in [0.2, 0.25) is 0 Å². The average molecular weight is 381 g/mol. The van der Waals surface area contributed by atoms with Gasteiger partial charge in [0.2, 0.25) is 0 Å². The zero-order chi connectivity index (χ0) is 19.8. The molecule has 0 aliphatic rings. The number of nitrogens with one attached hydrogen (secondary N) is 1. The molecule has 0 aliphatic heterocycles. The summed E-state index contributed by atoms with van der Waals surface area (Å²) in [5, 5.41) is 2.78. The van der Waals surface area contributed by atoms with Gasteiger partial charge in [0.25, 0.3) is 0 Å². The first-order valence-electron chi connectivity index (χ1n) is 8.94. The third-order valence-corrected chi connectivity index (χ3v) is 4.27. The molecule has 0 atom stereocenters. The lowest BCUT2D eigenvalue weighted by molar-refractivity contribution is 0.140. The fourth-order valence-corrected chi connectivity index (χ4v) is 2.86. The lowest BCUT2D eigenvalue weighted by atomic mass is 10.0. The Balaban J connectivity index is 1.63. The molecule has 2 aromatic carbocycles. The summed E-state index contributed by atoms with van der Waals surface area (Å²) in [7, 11) is 3.18. The van der Waals surface area contributed by atoms with Crippen molar-refractivity contribution < 1.29 is 23.4 Å². The molecular formula is C22H23NO5. The first-order valence-corrected chi connectivity index (χ1v) is 8.94. The molecule has 1 N–H and O–H groups in total. The molecule has 3 rings (SSSR count). The smallest absolute Gasteiger partial charge is 0.407 e. The van der Waals surface area contributed by atoms with Crippen LogP contribution in [0, 0.1) is 0 Å². The topological polar surface area (TPSA) is 69.9 Å². The number of furan rings is 1. The minimum Gasteiger partial charge on any atom is -0.493 e. The molecule has 0 aliphatic carbocycles. The maximum Gasteiger partial charge on any atom is 0.407 e. The molecule has 6 nitrogen and oxygen atoms in total. The van der Waals surface area contributed by atoms with Gasteiger partial charge in [-0.2, -0.15) is 0 Å². The van der Waals surface area contributed by atoms with Crippen molar-refractivity contribution in [2.45, 2.75) is 13.0 Å². The van der Waals surface area contributed by atoms with E-state index < -0.39 is 6.09 Å². The number of amides is 1. The van der Waals surface area contributed by atoms with Crippen LogP contribution >= 0.6 is 0 Å². The van der Waals surface area contributed by atoms with Crippen LogP contribution in [0.5, 0.6) is 11.5 Å². The van der Waals surface area contributed by atoms with Gasteiger partial charge in [-0.15, -0.1) is 0 Å². The Morgan fingerprint density at radius 2 is 1.75 bits per heavy atom. The van der Waals surface area contributed by atoms with E-state index in [0.29, 0.717) is 24.5 Å². The van der Waals surface area contributed by atoms with E-state index in [9.17, 15) is 4.79 Å². The van der Waals surface area contributed by atoms with Crippen molar-refractivity contribution in [3.63, 3.8) is 0 Å².